The summed E-state index contributed by atoms with van der Waals surface area (Å²) >= 11 is 1.86. The first-order valence-corrected chi connectivity index (χ1v) is 13.0. The molecule has 1 aliphatic rings. The number of hydrogen-bond donors (Lipinski definition) is 0. The van der Waals surface area contributed by atoms with Crippen LogP contribution in [0.2, 0.25) is 0 Å². The molecule has 170 valence electrons. The summed E-state index contributed by atoms with van der Waals surface area (Å²) < 4.78 is 0. The molecular weight excluding hydrogens is 432 g/mol. The maximum Gasteiger partial charge on any atom is 0.0974 e. The summed E-state index contributed by atoms with van der Waals surface area (Å²) in [5, 5.41) is 2.51. The zero-order chi connectivity index (χ0) is 23.7. The van der Waals surface area contributed by atoms with Gasteiger partial charge in [-0.1, -0.05) is 80.6 Å². The Morgan fingerprint density at radius 2 is 1.35 bits per heavy atom. The molecule has 0 N–H and O–H groups in total. The first-order valence-electron chi connectivity index (χ1n) is 12.0. The average molecular weight is 463 g/mol. The molecule has 4 aromatic carbocycles. The molecule has 5 rings (SSSR count). The predicted molar refractivity (Wildman–Crippen MR) is 149 cm³/mol. The average Bonchev–Trinajstić information content (AvgIpc) is 3.14. The van der Waals surface area contributed by atoms with Crippen molar-refractivity contribution in [1.29, 1.82) is 0 Å². The molecular formula is C31H30N2S. The predicted octanol–water partition coefficient (Wildman–Crippen LogP) is 8.30. The molecule has 4 aromatic rings. The number of hydrogen-bond acceptors (Lipinski definition) is 3. The van der Waals surface area contributed by atoms with Crippen LogP contribution < -0.4 is 0 Å². The van der Waals surface area contributed by atoms with Gasteiger partial charge in [-0.3, -0.25) is 4.99 Å². The monoisotopic (exact) mass is 462 g/mol. The Balaban J connectivity index is 1.47. The molecule has 0 bridgehead atoms. The Labute approximate surface area is 206 Å². The Morgan fingerprint density at radius 3 is 2.00 bits per heavy atom. The molecule has 0 heterocycles. The molecule has 0 aliphatic heterocycles. The summed E-state index contributed by atoms with van der Waals surface area (Å²) in [4.78, 5) is 11.6. The molecule has 0 aromatic heterocycles. The van der Waals surface area contributed by atoms with Crippen molar-refractivity contribution in [1.82, 2.24) is 0 Å². The number of rotatable bonds is 6. The van der Waals surface area contributed by atoms with E-state index in [0.717, 1.165) is 29.4 Å². The van der Waals surface area contributed by atoms with Crippen LogP contribution in [0.5, 0.6) is 0 Å². The van der Waals surface area contributed by atoms with E-state index in [1.807, 2.05) is 11.8 Å². The molecule has 34 heavy (non-hydrogen) atoms. The van der Waals surface area contributed by atoms with Gasteiger partial charge in [0, 0.05) is 33.7 Å². The Kier molecular flexibility index (Phi) is 6.38. The van der Waals surface area contributed by atoms with Crippen molar-refractivity contribution in [2.45, 2.75) is 38.5 Å². The van der Waals surface area contributed by atoms with E-state index in [0.29, 0.717) is 5.92 Å². The molecule has 1 aliphatic carbocycles. The van der Waals surface area contributed by atoms with Gasteiger partial charge in [-0.15, -0.1) is 11.8 Å². The summed E-state index contributed by atoms with van der Waals surface area (Å²) in [5.41, 5.74) is 9.21. The van der Waals surface area contributed by atoms with Crippen molar-refractivity contribution in [3.05, 3.63) is 107 Å². The first-order chi connectivity index (χ1) is 16.5. The van der Waals surface area contributed by atoms with E-state index in [4.69, 9.17) is 9.98 Å². The second-order valence-electron chi connectivity index (χ2n) is 9.21. The number of aliphatic imine (C=N–C) groups is 2. The van der Waals surface area contributed by atoms with E-state index in [1.54, 1.807) is 0 Å². The normalized spacial score (nSPS) is 15.2. The van der Waals surface area contributed by atoms with Crippen molar-refractivity contribution in [2.75, 3.05) is 12.3 Å². The lowest BCUT2D eigenvalue weighted by Crippen LogP contribution is -2.12. The van der Waals surface area contributed by atoms with Crippen molar-refractivity contribution >= 4 is 39.6 Å². The fourth-order valence-corrected chi connectivity index (χ4v) is 5.37. The van der Waals surface area contributed by atoms with E-state index >= 15 is 0 Å². The van der Waals surface area contributed by atoms with Gasteiger partial charge in [-0.2, -0.15) is 0 Å². The summed E-state index contributed by atoms with van der Waals surface area (Å²) in [6, 6.07) is 28.3. The summed E-state index contributed by atoms with van der Waals surface area (Å²) in [7, 11) is 0. The number of para-hydroxylation sites is 1. The van der Waals surface area contributed by atoms with E-state index in [1.165, 1.54) is 43.5 Å². The van der Waals surface area contributed by atoms with Crippen LogP contribution in [0.15, 0.2) is 93.7 Å². The Morgan fingerprint density at radius 1 is 0.735 bits per heavy atom. The summed E-state index contributed by atoms with van der Waals surface area (Å²) in [5.74, 6) is 1.50. The number of aryl methyl sites for hydroxylation is 2. The molecule has 0 saturated heterocycles. The smallest absolute Gasteiger partial charge is 0.0974 e. The third kappa shape index (κ3) is 4.33. The Bertz CT molecular complexity index is 1390. The zero-order valence-electron chi connectivity index (χ0n) is 20.3. The highest BCUT2D eigenvalue weighted by Gasteiger charge is 2.27. The topological polar surface area (TPSA) is 24.7 Å². The van der Waals surface area contributed by atoms with Crippen LogP contribution in [0.4, 0.5) is 5.69 Å². The van der Waals surface area contributed by atoms with Gasteiger partial charge >= 0.3 is 0 Å². The first kappa shape index (κ1) is 22.6. The summed E-state index contributed by atoms with van der Waals surface area (Å²) in [6.45, 7) is 9.48. The van der Waals surface area contributed by atoms with Crippen molar-refractivity contribution in [3.8, 4) is 0 Å². The standard InChI is InChI=1S/C31H30N2S/c1-20(2)23-14-16-25(17-15-23)34-19-18-32-30-26-12-6-10-24-11-7-13-27(28(24)26)31(30)33-29-21(3)8-5-9-22(29)4/h5-17,20H,18-19H2,1-4H3/b32-30+,33-31+. The van der Waals surface area contributed by atoms with Gasteiger partial charge in [0.15, 0.2) is 0 Å². The molecule has 0 spiro atoms. The number of benzene rings is 4. The van der Waals surface area contributed by atoms with Crippen molar-refractivity contribution < 1.29 is 0 Å². The van der Waals surface area contributed by atoms with Crippen LogP contribution >= 0.6 is 11.8 Å². The van der Waals surface area contributed by atoms with Gasteiger partial charge in [-0.25, -0.2) is 4.99 Å². The van der Waals surface area contributed by atoms with Gasteiger partial charge < -0.3 is 0 Å². The second kappa shape index (κ2) is 9.60. The molecule has 0 radical (unpaired) electrons. The highest BCUT2D eigenvalue weighted by molar-refractivity contribution is 7.99. The van der Waals surface area contributed by atoms with Crippen LogP contribution in [0.1, 0.15) is 47.6 Å². The quantitative estimate of drug-likeness (QED) is 0.209. The zero-order valence-corrected chi connectivity index (χ0v) is 21.1. The van der Waals surface area contributed by atoms with Gasteiger partial charge in [0.05, 0.1) is 17.1 Å². The third-order valence-corrected chi connectivity index (χ3v) is 7.47. The van der Waals surface area contributed by atoms with E-state index in [2.05, 4.69) is 107 Å². The molecule has 0 fully saturated rings. The van der Waals surface area contributed by atoms with E-state index in [-0.39, 0.29) is 0 Å². The molecule has 0 amide bonds. The maximum absolute atomic E-state index is 5.22. The molecule has 0 saturated carbocycles. The largest absolute Gasteiger partial charge is 0.282 e. The lowest BCUT2D eigenvalue weighted by molar-refractivity contribution is 0.865. The Hall–Kier alpha value is -3.17. The van der Waals surface area contributed by atoms with E-state index in [9.17, 15) is 0 Å². The van der Waals surface area contributed by atoms with Gasteiger partial charge in [0.1, 0.15) is 0 Å². The van der Waals surface area contributed by atoms with Crippen LogP contribution in [0, 0.1) is 13.8 Å². The van der Waals surface area contributed by atoms with Crippen LogP contribution in [0.25, 0.3) is 10.8 Å². The van der Waals surface area contributed by atoms with E-state index < -0.39 is 0 Å². The van der Waals surface area contributed by atoms with Crippen molar-refractivity contribution in [3.63, 3.8) is 0 Å². The molecule has 2 nitrogen and oxygen atoms in total. The van der Waals surface area contributed by atoms with Crippen LogP contribution in [-0.4, -0.2) is 23.7 Å². The lowest BCUT2D eigenvalue weighted by Gasteiger charge is -2.08. The van der Waals surface area contributed by atoms with Gasteiger partial charge in [-0.05, 0) is 54.0 Å². The fourth-order valence-electron chi connectivity index (χ4n) is 4.63. The molecule has 3 heteroatoms. The summed E-state index contributed by atoms with van der Waals surface area (Å²) in [6.07, 6.45) is 0. The van der Waals surface area contributed by atoms with Crippen LogP contribution in [0.3, 0.4) is 0 Å². The van der Waals surface area contributed by atoms with Crippen molar-refractivity contribution in [2.24, 2.45) is 9.98 Å². The van der Waals surface area contributed by atoms with Gasteiger partial charge in [0.25, 0.3) is 0 Å². The molecule has 0 unspecified atom stereocenters. The highest BCUT2D eigenvalue weighted by atomic mass is 32.2. The lowest BCUT2D eigenvalue weighted by atomic mass is 10.0. The maximum atomic E-state index is 5.22. The number of thioether (sulfide) groups is 1. The van der Waals surface area contributed by atoms with Crippen LogP contribution in [-0.2, 0) is 0 Å². The number of nitrogens with zero attached hydrogens (tertiary/aromatic N) is 2. The highest BCUT2D eigenvalue weighted by Crippen LogP contribution is 2.34. The minimum Gasteiger partial charge on any atom is -0.282 e. The third-order valence-electron chi connectivity index (χ3n) is 6.48. The minimum atomic E-state index is 0.562. The second-order valence-corrected chi connectivity index (χ2v) is 10.4. The molecule has 0 atom stereocenters. The SMILES string of the molecule is Cc1cccc(C)c1/N=C1/C(=N/CCSc2ccc(C(C)C)cc2)c2cccc3cccc1c23. The minimum absolute atomic E-state index is 0.562. The van der Waals surface area contributed by atoms with Gasteiger partial charge in [0.2, 0.25) is 0 Å². The fraction of sp³-hybridized carbons (Fsp3) is 0.226.